The maximum Gasteiger partial charge on any atom is 0.285 e. The Morgan fingerprint density at radius 2 is 0.500 bits per heavy atom. The van der Waals surface area contributed by atoms with Crippen molar-refractivity contribution in [2.45, 2.75) is 0 Å². The molecule has 0 unspecified atom stereocenters. The van der Waals surface area contributed by atoms with Crippen molar-refractivity contribution in [3.8, 4) is 0 Å². The van der Waals surface area contributed by atoms with Crippen LogP contribution in [-0.4, -0.2) is 26.2 Å². The molecule has 4 heteroatoms. The zero-order chi connectivity index (χ0) is 23.4. The molecule has 0 atom stereocenters. The second-order valence-electron chi connectivity index (χ2n) is 8.43. The Kier molecular flexibility index (Phi) is 6.13. The summed E-state index contributed by atoms with van der Waals surface area (Å²) in [7, 11) is -6.85. The lowest BCUT2D eigenvalue weighted by Gasteiger charge is -2.34. The first-order valence-electron chi connectivity index (χ1n) is 11.4. The van der Waals surface area contributed by atoms with Crippen LogP contribution in [0.5, 0.6) is 0 Å². The molecule has 0 saturated heterocycles. The highest BCUT2D eigenvalue weighted by atomic mass is 28.4. The minimum atomic E-state index is -3.42. The van der Waals surface area contributed by atoms with Crippen molar-refractivity contribution in [3.63, 3.8) is 0 Å². The Bertz CT molecular complexity index is 1170. The number of hydrogen-bond donors (Lipinski definition) is 2. The van der Waals surface area contributed by atoms with Crippen LogP contribution in [0.4, 0.5) is 0 Å². The fourth-order valence-electron chi connectivity index (χ4n) is 4.79. The van der Waals surface area contributed by atoms with Crippen LogP contribution < -0.4 is 31.1 Å². The van der Waals surface area contributed by atoms with Crippen LogP contribution >= 0.6 is 0 Å². The van der Waals surface area contributed by atoms with E-state index in [1.54, 1.807) is 0 Å². The highest BCUT2D eigenvalue weighted by molar-refractivity contribution is 7.14. The van der Waals surface area contributed by atoms with Gasteiger partial charge in [0.05, 0.1) is 0 Å². The van der Waals surface area contributed by atoms with Gasteiger partial charge in [0.15, 0.2) is 0 Å². The topological polar surface area (TPSA) is 40.5 Å². The Morgan fingerprint density at radius 1 is 0.294 bits per heavy atom. The monoisotopic (exact) mass is 474 g/mol. The lowest BCUT2D eigenvalue weighted by Crippen LogP contribution is -2.78. The SMILES string of the molecule is O[Si](c1ccccc1)(c1ccccc1)c1ccccc1[Si](O)(c1ccccc1)c1ccccc1. The van der Waals surface area contributed by atoms with Crippen molar-refractivity contribution >= 4 is 47.8 Å². The van der Waals surface area contributed by atoms with Gasteiger partial charge in [-0.25, -0.2) is 0 Å². The summed E-state index contributed by atoms with van der Waals surface area (Å²) in [6.45, 7) is 0. The molecule has 0 spiro atoms. The van der Waals surface area contributed by atoms with Crippen molar-refractivity contribution < 1.29 is 9.59 Å². The fourth-order valence-corrected chi connectivity index (χ4v) is 12.1. The molecule has 34 heavy (non-hydrogen) atoms. The molecular weight excluding hydrogens is 449 g/mol. The first-order chi connectivity index (χ1) is 16.6. The summed E-state index contributed by atoms with van der Waals surface area (Å²) in [6, 6.07) is 47.6. The van der Waals surface area contributed by atoms with Crippen molar-refractivity contribution in [3.05, 3.63) is 146 Å². The standard InChI is InChI=1S/C30H26O2Si2/c31-33(25-15-5-1-6-16-25,26-17-7-2-8-18-26)29-23-13-14-24-30(29)34(32,27-19-9-3-10-20-27)28-21-11-4-12-22-28/h1-24,31-32H. The van der Waals surface area contributed by atoms with Gasteiger partial charge in [0.1, 0.15) is 0 Å². The molecule has 0 bridgehead atoms. The maximum atomic E-state index is 12.7. The molecule has 0 aliphatic heterocycles. The van der Waals surface area contributed by atoms with Crippen LogP contribution in [0.2, 0.25) is 0 Å². The fraction of sp³-hybridized carbons (Fsp3) is 0. The van der Waals surface area contributed by atoms with E-state index in [4.69, 9.17) is 0 Å². The van der Waals surface area contributed by atoms with Crippen LogP contribution in [0, 0.1) is 0 Å². The lowest BCUT2D eigenvalue weighted by molar-refractivity contribution is 0.578. The van der Waals surface area contributed by atoms with Gasteiger partial charge in [0, 0.05) is 0 Å². The molecular formula is C30H26O2Si2. The van der Waals surface area contributed by atoms with E-state index < -0.39 is 16.6 Å². The van der Waals surface area contributed by atoms with Crippen LogP contribution in [0.1, 0.15) is 0 Å². The predicted molar refractivity (Wildman–Crippen MR) is 146 cm³/mol. The van der Waals surface area contributed by atoms with Crippen molar-refractivity contribution in [2.75, 3.05) is 0 Å². The summed E-state index contributed by atoms with van der Waals surface area (Å²) in [6.07, 6.45) is 0. The molecule has 0 radical (unpaired) electrons. The van der Waals surface area contributed by atoms with Crippen molar-refractivity contribution in [2.24, 2.45) is 0 Å². The van der Waals surface area contributed by atoms with E-state index in [-0.39, 0.29) is 0 Å². The van der Waals surface area contributed by atoms with Gasteiger partial charge in [-0.15, -0.1) is 0 Å². The summed E-state index contributed by atoms with van der Waals surface area (Å²) in [4.78, 5) is 25.4. The van der Waals surface area contributed by atoms with E-state index in [0.717, 1.165) is 31.1 Å². The van der Waals surface area contributed by atoms with Crippen LogP contribution in [-0.2, 0) is 0 Å². The first-order valence-corrected chi connectivity index (χ1v) is 15.3. The predicted octanol–water partition coefficient (Wildman–Crippen LogP) is 1.60. The Hall–Kier alpha value is -3.55. The highest BCUT2D eigenvalue weighted by Crippen LogP contribution is 2.09. The largest absolute Gasteiger partial charge is 0.421 e. The van der Waals surface area contributed by atoms with Crippen LogP contribution in [0.25, 0.3) is 0 Å². The van der Waals surface area contributed by atoms with E-state index >= 15 is 0 Å². The molecule has 0 fully saturated rings. The molecule has 0 aliphatic carbocycles. The zero-order valence-corrected chi connectivity index (χ0v) is 20.8. The molecule has 0 amide bonds. The zero-order valence-electron chi connectivity index (χ0n) is 18.8. The molecule has 0 aliphatic rings. The summed E-state index contributed by atoms with van der Waals surface area (Å²) in [5.74, 6) is 0. The summed E-state index contributed by atoms with van der Waals surface area (Å²) < 4.78 is 0. The Labute approximate surface area is 202 Å². The summed E-state index contributed by atoms with van der Waals surface area (Å²) in [5.41, 5.74) is 0. The van der Waals surface area contributed by atoms with E-state index in [0.29, 0.717) is 0 Å². The van der Waals surface area contributed by atoms with Crippen molar-refractivity contribution in [1.29, 1.82) is 0 Å². The smallest absolute Gasteiger partial charge is 0.285 e. The van der Waals surface area contributed by atoms with Gasteiger partial charge in [-0.05, 0) is 31.1 Å². The molecule has 0 aromatic heterocycles. The third-order valence-electron chi connectivity index (χ3n) is 6.47. The van der Waals surface area contributed by atoms with Gasteiger partial charge in [0.2, 0.25) is 0 Å². The third-order valence-corrected chi connectivity index (χ3v) is 13.8. The van der Waals surface area contributed by atoms with E-state index in [9.17, 15) is 9.59 Å². The van der Waals surface area contributed by atoms with Gasteiger partial charge in [-0.2, -0.15) is 0 Å². The van der Waals surface area contributed by atoms with Gasteiger partial charge < -0.3 is 9.59 Å². The molecule has 5 aromatic carbocycles. The molecule has 5 aromatic rings. The maximum absolute atomic E-state index is 12.7. The average molecular weight is 475 g/mol. The second-order valence-corrected chi connectivity index (χ2v) is 14.7. The van der Waals surface area contributed by atoms with Gasteiger partial charge >= 0.3 is 0 Å². The summed E-state index contributed by atoms with van der Waals surface area (Å²) in [5, 5.41) is 5.23. The Morgan fingerprint density at radius 3 is 0.735 bits per heavy atom. The van der Waals surface area contributed by atoms with E-state index in [2.05, 4.69) is 0 Å². The molecule has 5 rings (SSSR count). The first kappa shape index (κ1) is 22.3. The highest BCUT2D eigenvalue weighted by Gasteiger charge is 2.47. The average Bonchev–Trinajstić information content (AvgIpc) is 2.94. The molecule has 0 heterocycles. The quantitative estimate of drug-likeness (QED) is 0.290. The second kappa shape index (κ2) is 9.37. The van der Waals surface area contributed by atoms with Gasteiger partial charge in [-0.1, -0.05) is 146 Å². The molecule has 0 saturated carbocycles. The normalized spacial score (nSPS) is 11.8. The number of benzene rings is 5. The molecule has 2 nitrogen and oxygen atoms in total. The minimum absolute atomic E-state index is 0.828. The third kappa shape index (κ3) is 3.77. The van der Waals surface area contributed by atoms with Crippen LogP contribution in [0.15, 0.2) is 146 Å². The lowest BCUT2D eigenvalue weighted by atomic mass is 10.3. The molecule has 166 valence electrons. The van der Waals surface area contributed by atoms with E-state index in [1.807, 2.05) is 146 Å². The van der Waals surface area contributed by atoms with Gasteiger partial charge in [0.25, 0.3) is 16.6 Å². The Balaban J connectivity index is 1.85. The van der Waals surface area contributed by atoms with Crippen LogP contribution in [0.3, 0.4) is 0 Å². The molecule has 2 N–H and O–H groups in total. The van der Waals surface area contributed by atoms with Crippen molar-refractivity contribution in [1.82, 2.24) is 0 Å². The number of rotatable bonds is 6. The minimum Gasteiger partial charge on any atom is -0.421 e. The number of hydrogen-bond acceptors (Lipinski definition) is 2. The summed E-state index contributed by atoms with van der Waals surface area (Å²) >= 11 is 0. The van der Waals surface area contributed by atoms with E-state index in [1.165, 1.54) is 0 Å². The van der Waals surface area contributed by atoms with Gasteiger partial charge in [-0.3, -0.25) is 0 Å².